The second kappa shape index (κ2) is 5.42. The van der Waals surface area contributed by atoms with Crippen molar-refractivity contribution in [2.75, 3.05) is 5.32 Å². The van der Waals surface area contributed by atoms with Gasteiger partial charge in [0.1, 0.15) is 5.58 Å². The maximum atomic E-state index is 12.3. The first kappa shape index (κ1) is 13.4. The Bertz CT molecular complexity index is 772. The number of carbonyl (C=O) groups excluding carboxylic acids is 1. The van der Waals surface area contributed by atoms with Crippen LogP contribution in [0.4, 0.5) is 5.69 Å². The highest BCUT2D eigenvalue weighted by Gasteiger charge is 2.13. The van der Waals surface area contributed by atoms with Crippen LogP contribution in [0.1, 0.15) is 21.7 Å². The molecule has 0 spiro atoms. The SMILES string of the molecule is Cc1ccc(CN)cc1NC(=O)c1cc2ccccc2o1. The zero-order chi connectivity index (χ0) is 14.8. The number of hydrogen-bond acceptors (Lipinski definition) is 3. The largest absolute Gasteiger partial charge is 0.451 e. The predicted molar refractivity (Wildman–Crippen MR) is 83.2 cm³/mol. The molecule has 4 nitrogen and oxygen atoms in total. The highest BCUT2D eigenvalue weighted by Crippen LogP contribution is 2.21. The van der Waals surface area contributed by atoms with Gasteiger partial charge < -0.3 is 15.5 Å². The molecule has 2 aromatic carbocycles. The summed E-state index contributed by atoms with van der Waals surface area (Å²) in [6.45, 7) is 2.38. The number of amides is 1. The lowest BCUT2D eigenvalue weighted by atomic mass is 10.1. The van der Waals surface area contributed by atoms with E-state index in [4.69, 9.17) is 10.2 Å². The Balaban J connectivity index is 1.89. The van der Waals surface area contributed by atoms with E-state index in [9.17, 15) is 4.79 Å². The Hall–Kier alpha value is -2.59. The Kier molecular flexibility index (Phi) is 3.46. The van der Waals surface area contributed by atoms with E-state index in [1.807, 2.05) is 49.4 Å². The summed E-state index contributed by atoms with van der Waals surface area (Å²) >= 11 is 0. The van der Waals surface area contributed by atoms with Gasteiger partial charge in [-0.15, -0.1) is 0 Å². The molecule has 0 fully saturated rings. The van der Waals surface area contributed by atoms with Crippen molar-refractivity contribution >= 4 is 22.6 Å². The molecule has 3 N–H and O–H groups in total. The van der Waals surface area contributed by atoms with Crippen molar-refractivity contribution in [1.82, 2.24) is 0 Å². The molecule has 0 unspecified atom stereocenters. The van der Waals surface area contributed by atoms with Crippen molar-refractivity contribution in [3.05, 3.63) is 65.4 Å². The monoisotopic (exact) mass is 280 g/mol. The van der Waals surface area contributed by atoms with Crippen LogP contribution in [0, 0.1) is 6.92 Å². The number of furan rings is 1. The van der Waals surface area contributed by atoms with E-state index in [0.29, 0.717) is 17.9 Å². The van der Waals surface area contributed by atoms with Crippen molar-refractivity contribution in [2.45, 2.75) is 13.5 Å². The Morgan fingerprint density at radius 1 is 1.19 bits per heavy atom. The molecule has 0 aliphatic carbocycles. The van der Waals surface area contributed by atoms with E-state index >= 15 is 0 Å². The minimum atomic E-state index is -0.261. The van der Waals surface area contributed by atoms with Crippen molar-refractivity contribution in [2.24, 2.45) is 5.73 Å². The molecule has 0 atom stereocenters. The number of carbonyl (C=O) groups is 1. The smallest absolute Gasteiger partial charge is 0.291 e. The number of nitrogens with two attached hydrogens (primary N) is 1. The molecule has 0 bridgehead atoms. The number of benzene rings is 2. The number of aryl methyl sites for hydroxylation is 1. The molecule has 3 rings (SSSR count). The molecule has 3 aromatic rings. The van der Waals surface area contributed by atoms with Crippen LogP contribution in [0.2, 0.25) is 0 Å². The normalized spacial score (nSPS) is 10.8. The average Bonchev–Trinajstić information content (AvgIpc) is 2.93. The van der Waals surface area contributed by atoms with Gasteiger partial charge in [0.25, 0.3) is 5.91 Å². The van der Waals surface area contributed by atoms with Gasteiger partial charge in [0, 0.05) is 17.6 Å². The molecule has 21 heavy (non-hydrogen) atoms. The van der Waals surface area contributed by atoms with Crippen LogP contribution in [0.3, 0.4) is 0 Å². The number of nitrogens with one attached hydrogen (secondary N) is 1. The predicted octanol–water partition coefficient (Wildman–Crippen LogP) is 3.45. The molecule has 0 radical (unpaired) electrons. The molecule has 1 aromatic heterocycles. The highest BCUT2D eigenvalue weighted by atomic mass is 16.3. The number of para-hydroxylation sites is 1. The van der Waals surface area contributed by atoms with Crippen LogP contribution in [0.5, 0.6) is 0 Å². The maximum Gasteiger partial charge on any atom is 0.291 e. The quantitative estimate of drug-likeness (QED) is 0.772. The number of hydrogen-bond donors (Lipinski definition) is 2. The number of anilines is 1. The lowest BCUT2D eigenvalue weighted by Crippen LogP contribution is -2.12. The lowest BCUT2D eigenvalue weighted by Gasteiger charge is -2.08. The minimum Gasteiger partial charge on any atom is -0.451 e. The van der Waals surface area contributed by atoms with Gasteiger partial charge in [-0.05, 0) is 36.2 Å². The van der Waals surface area contributed by atoms with Gasteiger partial charge >= 0.3 is 0 Å². The van der Waals surface area contributed by atoms with E-state index < -0.39 is 0 Å². The molecular formula is C17H16N2O2. The third-order valence-electron chi connectivity index (χ3n) is 3.44. The molecular weight excluding hydrogens is 264 g/mol. The molecule has 1 heterocycles. The molecule has 0 aliphatic rings. The van der Waals surface area contributed by atoms with Gasteiger partial charge in [-0.2, -0.15) is 0 Å². The van der Waals surface area contributed by atoms with Crippen LogP contribution in [0.15, 0.2) is 52.9 Å². The van der Waals surface area contributed by atoms with Crippen molar-refractivity contribution in [3.63, 3.8) is 0 Å². The van der Waals surface area contributed by atoms with E-state index in [0.717, 1.165) is 22.2 Å². The third-order valence-corrected chi connectivity index (χ3v) is 3.44. The fourth-order valence-electron chi connectivity index (χ4n) is 2.21. The van der Waals surface area contributed by atoms with E-state index in [2.05, 4.69) is 5.32 Å². The van der Waals surface area contributed by atoms with E-state index in [1.54, 1.807) is 6.07 Å². The zero-order valence-electron chi connectivity index (χ0n) is 11.7. The summed E-state index contributed by atoms with van der Waals surface area (Å²) in [4.78, 5) is 12.3. The van der Waals surface area contributed by atoms with Gasteiger partial charge in [-0.1, -0.05) is 30.3 Å². The first-order chi connectivity index (χ1) is 10.2. The molecule has 0 saturated heterocycles. The van der Waals surface area contributed by atoms with Crippen molar-refractivity contribution < 1.29 is 9.21 Å². The third kappa shape index (κ3) is 2.66. The molecule has 106 valence electrons. The summed E-state index contributed by atoms with van der Waals surface area (Å²) in [6, 6.07) is 15.1. The second-order valence-corrected chi connectivity index (χ2v) is 4.96. The summed E-state index contributed by atoms with van der Waals surface area (Å²) in [6.07, 6.45) is 0. The summed E-state index contributed by atoms with van der Waals surface area (Å²) < 4.78 is 5.56. The standard InChI is InChI=1S/C17H16N2O2/c1-11-6-7-12(10-18)8-14(11)19-17(20)16-9-13-4-2-3-5-15(13)21-16/h2-9H,10,18H2,1H3,(H,19,20). The van der Waals surface area contributed by atoms with Crippen LogP contribution in [0.25, 0.3) is 11.0 Å². The fraction of sp³-hybridized carbons (Fsp3) is 0.118. The summed E-state index contributed by atoms with van der Waals surface area (Å²) in [7, 11) is 0. The van der Waals surface area contributed by atoms with Crippen LogP contribution in [-0.2, 0) is 6.54 Å². The van der Waals surface area contributed by atoms with E-state index in [-0.39, 0.29) is 5.91 Å². The molecule has 0 saturated carbocycles. The molecule has 0 aliphatic heterocycles. The van der Waals surface area contributed by atoms with Crippen LogP contribution in [-0.4, -0.2) is 5.91 Å². The second-order valence-electron chi connectivity index (χ2n) is 4.96. The van der Waals surface area contributed by atoms with Gasteiger partial charge in [0.15, 0.2) is 5.76 Å². The molecule has 1 amide bonds. The van der Waals surface area contributed by atoms with Gasteiger partial charge in [-0.25, -0.2) is 0 Å². The Morgan fingerprint density at radius 2 is 2.00 bits per heavy atom. The van der Waals surface area contributed by atoms with Crippen LogP contribution < -0.4 is 11.1 Å². The Labute approximate surface area is 122 Å². The van der Waals surface area contributed by atoms with Crippen molar-refractivity contribution in [1.29, 1.82) is 0 Å². The zero-order valence-corrected chi connectivity index (χ0v) is 11.7. The first-order valence-electron chi connectivity index (χ1n) is 6.77. The van der Waals surface area contributed by atoms with Gasteiger partial charge in [-0.3, -0.25) is 4.79 Å². The summed E-state index contributed by atoms with van der Waals surface area (Å²) in [5.74, 6) is 0.0391. The Morgan fingerprint density at radius 3 is 2.76 bits per heavy atom. The summed E-state index contributed by atoms with van der Waals surface area (Å²) in [5, 5.41) is 3.79. The van der Waals surface area contributed by atoms with Gasteiger partial charge in [0.2, 0.25) is 0 Å². The van der Waals surface area contributed by atoms with Crippen molar-refractivity contribution in [3.8, 4) is 0 Å². The number of rotatable bonds is 3. The topological polar surface area (TPSA) is 68.3 Å². The fourth-order valence-corrected chi connectivity index (χ4v) is 2.21. The van der Waals surface area contributed by atoms with E-state index in [1.165, 1.54) is 0 Å². The summed E-state index contributed by atoms with van der Waals surface area (Å²) in [5.41, 5.74) is 9.04. The highest BCUT2D eigenvalue weighted by molar-refractivity contribution is 6.05. The first-order valence-corrected chi connectivity index (χ1v) is 6.77. The average molecular weight is 280 g/mol. The van der Waals surface area contributed by atoms with Gasteiger partial charge in [0.05, 0.1) is 0 Å². The number of fused-ring (bicyclic) bond motifs is 1. The minimum absolute atomic E-state index is 0.261. The maximum absolute atomic E-state index is 12.3. The van der Waals surface area contributed by atoms with Crippen LogP contribution >= 0.6 is 0 Å². The lowest BCUT2D eigenvalue weighted by molar-refractivity contribution is 0.0998. The molecule has 4 heteroatoms.